The number of halogens is 2. The van der Waals surface area contributed by atoms with Gasteiger partial charge in [-0.3, -0.25) is 0 Å². The second kappa shape index (κ2) is 31.8. The van der Waals surface area contributed by atoms with Gasteiger partial charge in [0.2, 0.25) is 0 Å². The van der Waals surface area contributed by atoms with Gasteiger partial charge in [-0.1, -0.05) is 0 Å². The van der Waals surface area contributed by atoms with E-state index in [1.165, 1.54) is 6.42 Å². The normalized spacial score (nSPS) is 14.3. The molecule has 1 rings (SSSR count). The van der Waals surface area contributed by atoms with Gasteiger partial charge in [-0.05, 0) is 177 Å². The van der Waals surface area contributed by atoms with Gasteiger partial charge in [0.15, 0.2) is 5.90 Å². The average molecular weight is 795 g/mol. The van der Waals surface area contributed by atoms with Crippen LogP contribution < -0.4 is 17.2 Å². The van der Waals surface area contributed by atoms with Gasteiger partial charge >= 0.3 is 0 Å². The van der Waals surface area contributed by atoms with Crippen LogP contribution in [-0.4, -0.2) is 150 Å². The molecule has 1 aliphatic heterocycles. The lowest BCUT2D eigenvalue weighted by Crippen LogP contribution is -2.39. The fraction of sp³-hybridized carbons (Fsp3) is 0.974. The Hall–Kier alpha value is -0.310. The first-order chi connectivity index (χ1) is 22.7. The molecule has 0 aromatic heterocycles. The molecule has 0 fully saturated rings. The summed E-state index contributed by atoms with van der Waals surface area (Å²) in [6, 6.07) is 0. The molecule has 0 aromatic rings. The van der Waals surface area contributed by atoms with Gasteiger partial charge in [0.05, 0.1) is 17.7 Å². The van der Waals surface area contributed by atoms with Crippen molar-refractivity contribution in [3.8, 4) is 0 Å². The lowest BCUT2D eigenvalue weighted by Gasteiger charge is -2.32. The number of aliphatic hydroxyl groups is 3. The van der Waals surface area contributed by atoms with Crippen molar-refractivity contribution in [3.63, 3.8) is 0 Å². The van der Waals surface area contributed by atoms with Gasteiger partial charge in [-0.25, -0.2) is 4.99 Å². The summed E-state index contributed by atoms with van der Waals surface area (Å²) in [6.45, 7) is 29.2. The fourth-order valence-electron chi connectivity index (χ4n) is 3.31. The van der Waals surface area contributed by atoms with Crippen LogP contribution in [0.4, 0.5) is 0 Å². The fourth-order valence-corrected chi connectivity index (χ4v) is 3.78. The molecule has 0 aliphatic carbocycles. The zero-order chi connectivity index (χ0) is 41.9. The van der Waals surface area contributed by atoms with E-state index in [2.05, 4.69) is 117 Å². The van der Waals surface area contributed by atoms with E-state index in [9.17, 15) is 0 Å². The van der Waals surface area contributed by atoms with Crippen LogP contribution in [0.15, 0.2) is 4.99 Å². The van der Waals surface area contributed by atoms with Crippen molar-refractivity contribution in [1.82, 2.24) is 14.7 Å². The molecule has 0 atom stereocenters. The summed E-state index contributed by atoms with van der Waals surface area (Å²) in [4.78, 5) is 10.9. The SMILES string of the molecule is CC(C)(N)CCO.CC(C)(O)CCO.CC1=NC(C)(C)CCO1.CN(C)C(C)(C)CCCN.CN(C)C(C)(C)CCCl.CN(C)C(C)(C)CCN.Cl. The minimum Gasteiger partial charge on any atom is -0.481 e. The van der Waals surface area contributed by atoms with E-state index in [0.29, 0.717) is 18.4 Å². The van der Waals surface area contributed by atoms with Crippen LogP contribution in [0.1, 0.15) is 135 Å². The van der Waals surface area contributed by atoms with Gasteiger partial charge < -0.3 is 52.0 Å². The Balaban J connectivity index is -0.000000122. The minimum atomic E-state index is -0.700. The van der Waals surface area contributed by atoms with Crippen LogP contribution in [0.25, 0.3) is 0 Å². The lowest BCUT2D eigenvalue weighted by atomic mass is 9.97. The van der Waals surface area contributed by atoms with Crippen LogP contribution in [0.3, 0.4) is 0 Å². The van der Waals surface area contributed by atoms with E-state index >= 15 is 0 Å². The molecule has 0 radical (unpaired) electrons. The Labute approximate surface area is 335 Å². The van der Waals surface area contributed by atoms with Crippen LogP contribution in [-0.2, 0) is 4.74 Å². The number of nitrogens with zero attached hydrogens (tertiary/aromatic N) is 4. The highest BCUT2D eigenvalue weighted by Gasteiger charge is 2.21. The van der Waals surface area contributed by atoms with Gasteiger partial charge in [0.1, 0.15) is 0 Å². The Morgan fingerprint density at radius 3 is 1.25 bits per heavy atom. The molecule has 11 nitrogen and oxygen atoms in total. The third-order valence-corrected chi connectivity index (χ3v) is 9.24. The summed E-state index contributed by atoms with van der Waals surface area (Å²) in [5, 5.41) is 25.4. The molecule has 0 unspecified atom stereocenters. The molecule has 0 saturated heterocycles. The summed E-state index contributed by atoms with van der Waals surface area (Å²) >= 11 is 5.60. The molecule has 13 heteroatoms. The molecule has 9 N–H and O–H groups in total. The number of ether oxygens (including phenoxy) is 1. The molecule has 1 heterocycles. The summed E-state index contributed by atoms with van der Waals surface area (Å²) in [6.07, 6.45) is 6.55. The zero-order valence-electron chi connectivity index (χ0n) is 37.7. The van der Waals surface area contributed by atoms with Crippen molar-refractivity contribution in [2.24, 2.45) is 22.2 Å². The summed E-state index contributed by atoms with van der Waals surface area (Å²) in [5.41, 5.74) is 16.4. The van der Waals surface area contributed by atoms with Crippen LogP contribution >= 0.6 is 24.0 Å². The van der Waals surface area contributed by atoms with Crippen molar-refractivity contribution in [3.05, 3.63) is 0 Å². The smallest absolute Gasteiger partial charge is 0.180 e. The summed E-state index contributed by atoms with van der Waals surface area (Å²) in [5.74, 6) is 1.57. The van der Waals surface area contributed by atoms with Gasteiger partial charge in [-0.15, -0.1) is 24.0 Å². The van der Waals surface area contributed by atoms with Crippen molar-refractivity contribution in [1.29, 1.82) is 0 Å². The molecule has 0 bridgehead atoms. The minimum absolute atomic E-state index is 0. The van der Waals surface area contributed by atoms with E-state index in [0.717, 1.165) is 57.2 Å². The van der Waals surface area contributed by atoms with Crippen molar-refractivity contribution >= 4 is 29.9 Å². The number of rotatable bonds is 14. The molecule has 1 aliphatic rings. The molecular formula is C39H93Cl2N7O4. The van der Waals surface area contributed by atoms with Gasteiger partial charge in [-0.2, -0.15) is 0 Å². The van der Waals surface area contributed by atoms with Gasteiger partial charge in [0.25, 0.3) is 0 Å². The van der Waals surface area contributed by atoms with Crippen LogP contribution in [0.5, 0.6) is 0 Å². The third-order valence-electron chi connectivity index (χ3n) is 9.05. The van der Waals surface area contributed by atoms with Crippen LogP contribution in [0.2, 0.25) is 0 Å². The van der Waals surface area contributed by atoms with E-state index < -0.39 is 5.60 Å². The number of aliphatic imine (C=N–C) groups is 1. The van der Waals surface area contributed by atoms with E-state index in [1.54, 1.807) is 13.8 Å². The first kappa shape index (κ1) is 63.6. The first-order valence-electron chi connectivity index (χ1n) is 18.6. The third kappa shape index (κ3) is 45.8. The Morgan fingerprint density at radius 2 is 1.10 bits per heavy atom. The van der Waals surface area contributed by atoms with Gasteiger partial charge in [0, 0.05) is 54.6 Å². The molecule has 0 saturated carbocycles. The quantitative estimate of drug-likeness (QED) is 0.115. The number of nitrogens with two attached hydrogens (primary N) is 3. The number of hydrogen-bond donors (Lipinski definition) is 6. The molecule has 0 amide bonds. The van der Waals surface area contributed by atoms with Crippen molar-refractivity contribution in [2.45, 2.75) is 168 Å². The van der Waals surface area contributed by atoms with Crippen molar-refractivity contribution < 1.29 is 20.1 Å². The Kier molecular flexibility index (Phi) is 39.0. The van der Waals surface area contributed by atoms with Crippen molar-refractivity contribution in [2.75, 3.05) is 81.1 Å². The molecule has 322 valence electrons. The second-order valence-electron chi connectivity index (χ2n) is 17.8. The van der Waals surface area contributed by atoms with E-state index in [1.807, 2.05) is 20.8 Å². The second-order valence-corrected chi connectivity index (χ2v) is 18.2. The summed E-state index contributed by atoms with van der Waals surface area (Å²) < 4.78 is 5.16. The first-order valence-corrected chi connectivity index (χ1v) is 19.2. The summed E-state index contributed by atoms with van der Waals surface area (Å²) in [7, 11) is 12.5. The number of hydrogen-bond acceptors (Lipinski definition) is 11. The average Bonchev–Trinajstić information content (AvgIpc) is 2.91. The standard InChI is InChI=1S/C8H20N2.C7H16ClN.C7H18N2.C7H13NO.C5H13NO.C5H12O2.ClH/c1-8(2,10(3)4)6-5-7-9;2*1-7(2,5-6-8)9(3)4;1-6-8-7(2,3)4-5-9-6;1-5(2,6)3-4-7;1-5(2,7)3-4-6;/h5-7,9H2,1-4H3;5-6H2,1-4H3;5-6,8H2,1-4H3;4-5H2,1-3H3;7H,3-4,6H2,1-2H3;6-7H,3-4H2,1-2H3;1H. The molecular weight excluding hydrogens is 701 g/mol. The Morgan fingerprint density at radius 1 is 0.712 bits per heavy atom. The predicted molar refractivity (Wildman–Crippen MR) is 234 cm³/mol. The maximum absolute atomic E-state index is 8.86. The molecule has 52 heavy (non-hydrogen) atoms. The molecule has 0 spiro atoms. The Bertz CT molecular complexity index is 788. The van der Waals surface area contributed by atoms with Crippen LogP contribution in [0, 0.1) is 0 Å². The lowest BCUT2D eigenvalue weighted by molar-refractivity contribution is 0.0515. The maximum atomic E-state index is 8.86. The highest BCUT2D eigenvalue weighted by molar-refractivity contribution is 6.17. The largest absolute Gasteiger partial charge is 0.481 e. The van der Waals surface area contributed by atoms with E-state index in [4.69, 9.17) is 48.9 Å². The monoisotopic (exact) mass is 794 g/mol. The number of alkyl halides is 1. The maximum Gasteiger partial charge on any atom is 0.180 e. The highest BCUT2D eigenvalue weighted by Crippen LogP contribution is 2.19. The number of aliphatic hydroxyl groups excluding tert-OH is 2. The molecule has 0 aromatic carbocycles. The van der Waals surface area contributed by atoms with E-state index in [-0.39, 0.29) is 47.8 Å². The topological polar surface area (TPSA) is 170 Å². The zero-order valence-corrected chi connectivity index (χ0v) is 39.3. The highest BCUT2D eigenvalue weighted by atomic mass is 35.5. The predicted octanol–water partition coefficient (Wildman–Crippen LogP) is 5.97.